The molecule has 4 rings (SSSR count). The molecule has 0 bridgehead atoms. The Balaban J connectivity index is 1.83. The fourth-order valence-electron chi connectivity index (χ4n) is 4.73. The van der Waals surface area contributed by atoms with Crippen molar-refractivity contribution in [2.75, 3.05) is 17.9 Å². The van der Waals surface area contributed by atoms with Crippen LogP contribution in [0.5, 0.6) is 0 Å². The molecule has 10 heteroatoms. The molecule has 7 nitrogen and oxygen atoms in total. The lowest BCUT2D eigenvalue weighted by Crippen LogP contribution is -2.53. The quantitative estimate of drug-likeness (QED) is 0.212. The third-order valence-corrected chi connectivity index (χ3v) is 9.79. The lowest BCUT2D eigenvalue weighted by molar-refractivity contribution is -0.139. The van der Waals surface area contributed by atoms with Crippen molar-refractivity contribution in [1.82, 2.24) is 10.2 Å². The molecule has 0 saturated heterocycles. The van der Waals surface area contributed by atoms with Crippen LogP contribution >= 0.6 is 23.2 Å². The Morgan fingerprint density at radius 3 is 2.14 bits per heavy atom. The highest BCUT2D eigenvalue weighted by molar-refractivity contribution is 7.92. The van der Waals surface area contributed by atoms with Crippen molar-refractivity contribution in [3.05, 3.63) is 129 Å². The first-order valence-electron chi connectivity index (χ1n) is 13.7. The first-order chi connectivity index (χ1) is 20.5. The second-order valence-electron chi connectivity index (χ2n) is 10.2. The van der Waals surface area contributed by atoms with Crippen molar-refractivity contribution >= 4 is 50.7 Å². The summed E-state index contributed by atoms with van der Waals surface area (Å²) in [5.41, 5.74) is 3.53. The molecule has 0 aliphatic carbocycles. The first kappa shape index (κ1) is 32.1. The normalized spacial score (nSPS) is 11.9. The van der Waals surface area contributed by atoms with Crippen LogP contribution in [0.1, 0.15) is 22.3 Å². The van der Waals surface area contributed by atoms with Gasteiger partial charge in [0, 0.05) is 20.0 Å². The topological polar surface area (TPSA) is 86.8 Å². The summed E-state index contributed by atoms with van der Waals surface area (Å²) in [5.74, 6) is -0.959. The molecule has 2 amide bonds. The summed E-state index contributed by atoms with van der Waals surface area (Å²) in [7, 11) is -2.78. The molecule has 0 fully saturated rings. The predicted molar refractivity (Wildman–Crippen MR) is 172 cm³/mol. The van der Waals surface area contributed by atoms with Gasteiger partial charge < -0.3 is 10.2 Å². The Kier molecular flexibility index (Phi) is 10.5. The first-order valence-corrected chi connectivity index (χ1v) is 15.9. The molecule has 0 aliphatic rings. The summed E-state index contributed by atoms with van der Waals surface area (Å²) in [4.78, 5) is 29.2. The Bertz CT molecular complexity index is 1700. The number of rotatable bonds is 11. The number of amides is 2. The van der Waals surface area contributed by atoms with E-state index in [1.54, 1.807) is 18.2 Å². The van der Waals surface area contributed by atoms with Crippen molar-refractivity contribution in [3.63, 3.8) is 0 Å². The fourth-order valence-corrected chi connectivity index (χ4v) is 6.60. The monoisotopic (exact) mass is 637 g/mol. The van der Waals surface area contributed by atoms with Gasteiger partial charge in [0.05, 0.1) is 20.6 Å². The molecule has 43 heavy (non-hydrogen) atoms. The molecule has 0 saturated carbocycles. The second-order valence-corrected chi connectivity index (χ2v) is 12.8. The number of benzene rings is 4. The summed E-state index contributed by atoms with van der Waals surface area (Å²) >= 11 is 12.8. The van der Waals surface area contributed by atoms with Gasteiger partial charge in [-0.25, -0.2) is 8.42 Å². The Morgan fingerprint density at radius 1 is 0.837 bits per heavy atom. The average Bonchev–Trinajstić information content (AvgIpc) is 3.00. The maximum atomic E-state index is 14.4. The largest absolute Gasteiger partial charge is 0.357 e. The van der Waals surface area contributed by atoms with E-state index < -0.39 is 28.5 Å². The minimum atomic E-state index is -4.29. The number of aryl methyl sites for hydroxylation is 2. The summed E-state index contributed by atoms with van der Waals surface area (Å²) in [6.07, 6.45) is 0.223. The van der Waals surface area contributed by atoms with E-state index >= 15 is 0 Å². The van der Waals surface area contributed by atoms with Gasteiger partial charge in [-0.05, 0) is 54.8 Å². The van der Waals surface area contributed by atoms with Crippen LogP contribution in [0.3, 0.4) is 0 Å². The number of nitrogens with zero attached hydrogens (tertiary/aromatic N) is 2. The molecule has 224 valence electrons. The molecule has 1 atom stereocenters. The van der Waals surface area contributed by atoms with Crippen molar-refractivity contribution in [2.45, 2.75) is 37.8 Å². The molecule has 0 aromatic heterocycles. The average molecular weight is 639 g/mol. The zero-order valence-corrected chi connectivity index (χ0v) is 26.5. The van der Waals surface area contributed by atoms with Crippen LogP contribution in [0.2, 0.25) is 10.0 Å². The van der Waals surface area contributed by atoms with E-state index in [1.807, 2.05) is 68.4 Å². The maximum Gasteiger partial charge on any atom is 0.264 e. The Hall–Kier alpha value is -3.85. The fraction of sp³-hybridized carbons (Fsp3) is 0.212. The minimum absolute atomic E-state index is 0.00903. The SMILES string of the molecule is CNC(=O)C(Cc1ccccc1)N(Cc1ccccc1C)C(=O)CN(c1cccc(Cl)c1Cl)S(=O)(=O)c1ccc(C)cc1. The van der Waals surface area contributed by atoms with Gasteiger partial charge in [0.2, 0.25) is 11.8 Å². The van der Waals surface area contributed by atoms with Crippen LogP contribution in [-0.4, -0.2) is 44.8 Å². The number of anilines is 1. The van der Waals surface area contributed by atoms with Crippen molar-refractivity contribution < 1.29 is 18.0 Å². The predicted octanol–water partition coefficient (Wildman–Crippen LogP) is 6.19. The molecule has 4 aromatic rings. The zero-order chi connectivity index (χ0) is 31.1. The molecule has 4 aromatic carbocycles. The molecule has 0 spiro atoms. The van der Waals surface area contributed by atoms with E-state index in [-0.39, 0.29) is 39.5 Å². The van der Waals surface area contributed by atoms with Gasteiger partial charge in [0.15, 0.2) is 0 Å². The van der Waals surface area contributed by atoms with E-state index in [9.17, 15) is 18.0 Å². The molecule has 0 aliphatic heterocycles. The lowest BCUT2D eigenvalue weighted by atomic mass is 10.0. The van der Waals surface area contributed by atoms with Gasteiger partial charge in [0.1, 0.15) is 12.6 Å². The number of nitrogens with one attached hydrogen (secondary N) is 1. The van der Waals surface area contributed by atoms with Crippen LogP contribution < -0.4 is 9.62 Å². The smallest absolute Gasteiger partial charge is 0.264 e. The molecule has 1 N–H and O–H groups in total. The third kappa shape index (κ3) is 7.57. The number of hydrogen-bond donors (Lipinski definition) is 1. The maximum absolute atomic E-state index is 14.4. The van der Waals surface area contributed by atoms with E-state index in [1.165, 1.54) is 36.2 Å². The zero-order valence-electron chi connectivity index (χ0n) is 24.1. The number of sulfonamides is 1. The Morgan fingerprint density at radius 2 is 1.49 bits per heavy atom. The summed E-state index contributed by atoms with van der Waals surface area (Å²) < 4.78 is 29.2. The van der Waals surface area contributed by atoms with Crippen LogP contribution in [0, 0.1) is 13.8 Å². The third-order valence-electron chi connectivity index (χ3n) is 7.21. The number of hydrogen-bond acceptors (Lipinski definition) is 4. The van der Waals surface area contributed by atoms with Crippen LogP contribution in [0.4, 0.5) is 5.69 Å². The van der Waals surface area contributed by atoms with Gasteiger partial charge >= 0.3 is 0 Å². The Labute approximate surface area is 263 Å². The van der Waals surface area contributed by atoms with Crippen LogP contribution in [-0.2, 0) is 32.6 Å². The van der Waals surface area contributed by atoms with Gasteiger partial charge in [-0.3, -0.25) is 13.9 Å². The highest BCUT2D eigenvalue weighted by Crippen LogP contribution is 2.35. The van der Waals surface area contributed by atoms with Gasteiger partial charge in [-0.15, -0.1) is 0 Å². The number of carbonyl (C=O) groups excluding carboxylic acids is 2. The van der Waals surface area contributed by atoms with E-state index in [0.717, 1.165) is 26.6 Å². The van der Waals surface area contributed by atoms with Crippen LogP contribution in [0.25, 0.3) is 0 Å². The van der Waals surface area contributed by atoms with E-state index in [4.69, 9.17) is 23.2 Å². The summed E-state index contributed by atoms with van der Waals surface area (Å²) in [5, 5.41) is 2.81. The van der Waals surface area contributed by atoms with Crippen molar-refractivity contribution in [3.8, 4) is 0 Å². The summed E-state index contributed by atoms with van der Waals surface area (Å²) in [6.45, 7) is 3.23. The van der Waals surface area contributed by atoms with E-state index in [0.29, 0.717) is 0 Å². The standard InChI is InChI=1S/C33H33Cl2N3O4S/c1-23-16-18-27(19-17-23)43(41,42)38(29-15-9-14-28(34)32(29)35)22-31(39)37(21-26-13-8-7-10-24(26)2)30(33(40)36-3)20-25-11-5-4-6-12-25/h4-19,30H,20-22H2,1-3H3,(H,36,40). The van der Waals surface area contributed by atoms with Crippen molar-refractivity contribution in [1.29, 1.82) is 0 Å². The number of carbonyl (C=O) groups is 2. The second kappa shape index (κ2) is 14.1. The van der Waals surface area contributed by atoms with Crippen molar-refractivity contribution in [2.24, 2.45) is 0 Å². The van der Waals surface area contributed by atoms with Gasteiger partial charge in [-0.1, -0.05) is 102 Å². The molecular weight excluding hydrogens is 605 g/mol. The minimum Gasteiger partial charge on any atom is -0.357 e. The van der Waals surface area contributed by atoms with Gasteiger partial charge in [-0.2, -0.15) is 0 Å². The molecular formula is C33H33Cl2N3O4S. The van der Waals surface area contributed by atoms with Gasteiger partial charge in [0.25, 0.3) is 10.0 Å². The number of halogens is 2. The molecule has 0 heterocycles. The molecule has 0 radical (unpaired) electrons. The van der Waals surface area contributed by atoms with E-state index in [2.05, 4.69) is 5.32 Å². The van der Waals surface area contributed by atoms with Crippen LogP contribution in [0.15, 0.2) is 102 Å². The lowest BCUT2D eigenvalue weighted by Gasteiger charge is -2.34. The molecule has 1 unspecified atom stereocenters. The highest BCUT2D eigenvalue weighted by Gasteiger charge is 2.35. The summed E-state index contributed by atoms with van der Waals surface area (Å²) in [6, 6.07) is 26.9. The highest BCUT2D eigenvalue weighted by atomic mass is 35.5. The number of likely N-dealkylation sites (N-methyl/N-ethyl adjacent to an activating group) is 1.